The SMILES string of the molecule is c1cnc2ccc(Cn3ncc4ccc(-c5cnn(CCOC6CCCCO6)c5)cc43)cc2c1. The molecular weight excluding hydrogens is 426 g/mol. The predicted molar refractivity (Wildman–Crippen MR) is 131 cm³/mol. The molecule has 0 N–H and O–H groups in total. The van der Waals surface area contributed by atoms with Crippen molar-refractivity contribution in [2.45, 2.75) is 38.6 Å². The standard InChI is InChI=1S/C27H27N5O2/c1-2-12-33-27(5-1)34-13-11-31-19-24(17-29-31)21-7-8-23-16-30-32(26(23)15-21)18-20-6-9-25-22(14-20)4-3-10-28-25/h3-4,6-10,14-17,19,27H,1-2,5,11-13,18H2. The molecule has 0 saturated carbocycles. The summed E-state index contributed by atoms with van der Waals surface area (Å²) >= 11 is 0. The molecule has 7 heteroatoms. The van der Waals surface area contributed by atoms with E-state index >= 15 is 0 Å². The molecule has 34 heavy (non-hydrogen) atoms. The molecule has 0 aliphatic carbocycles. The Kier molecular flexibility index (Phi) is 5.79. The molecule has 4 heterocycles. The maximum atomic E-state index is 5.85. The van der Waals surface area contributed by atoms with Crippen molar-refractivity contribution >= 4 is 21.8 Å². The van der Waals surface area contributed by atoms with Gasteiger partial charge in [0, 0.05) is 35.3 Å². The molecule has 0 amide bonds. The molecule has 0 spiro atoms. The number of ether oxygens (including phenoxy) is 2. The molecule has 1 aliphatic heterocycles. The number of nitrogens with zero attached hydrogens (tertiary/aromatic N) is 5. The Morgan fingerprint density at radius 2 is 1.97 bits per heavy atom. The Hall–Kier alpha value is -3.55. The summed E-state index contributed by atoms with van der Waals surface area (Å²) in [4.78, 5) is 4.41. The van der Waals surface area contributed by atoms with E-state index in [2.05, 4.69) is 68.5 Å². The van der Waals surface area contributed by atoms with Gasteiger partial charge in [0.25, 0.3) is 0 Å². The average Bonchev–Trinajstić information content (AvgIpc) is 3.52. The van der Waals surface area contributed by atoms with Crippen molar-refractivity contribution in [1.82, 2.24) is 24.5 Å². The lowest BCUT2D eigenvalue weighted by Crippen LogP contribution is -2.24. The van der Waals surface area contributed by atoms with Gasteiger partial charge in [-0.15, -0.1) is 0 Å². The summed E-state index contributed by atoms with van der Waals surface area (Å²) in [7, 11) is 0. The number of fused-ring (bicyclic) bond motifs is 2. The third kappa shape index (κ3) is 4.44. The Morgan fingerprint density at radius 1 is 0.971 bits per heavy atom. The Bertz CT molecular complexity index is 1420. The number of hydrogen-bond donors (Lipinski definition) is 0. The van der Waals surface area contributed by atoms with Crippen LogP contribution in [0.15, 0.2) is 73.3 Å². The van der Waals surface area contributed by atoms with Gasteiger partial charge in [-0.2, -0.15) is 10.2 Å². The molecule has 2 aromatic carbocycles. The third-order valence-corrected chi connectivity index (χ3v) is 6.37. The summed E-state index contributed by atoms with van der Waals surface area (Å²) in [5.41, 5.74) is 5.52. The van der Waals surface area contributed by atoms with Gasteiger partial charge in [0.05, 0.1) is 43.1 Å². The van der Waals surface area contributed by atoms with Crippen LogP contribution in [0.5, 0.6) is 0 Å². The van der Waals surface area contributed by atoms with E-state index in [4.69, 9.17) is 9.47 Å². The summed E-state index contributed by atoms with van der Waals surface area (Å²) in [5, 5.41) is 11.4. The van der Waals surface area contributed by atoms with Gasteiger partial charge in [0.2, 0.25) is 0 Å². The van der Waals surface area contributed by atoms with Crippen molar-refractivity contribution < 1.29 is 9.47 Å². The summed E-state index contributed by atoms with van der Waals surface area (Å²) in [6.45, 7) is 2.81. The van der Waals surface area contributed by atoms with Crippen LogP contribution >= 0.6 is 0 Å². The minimum atomic E-state index is -0.0645. The van der Waals surface area contributed by atoms with Crippen LogP contribution in [0, 0.1) is 0 Å². The van der Waals surface area contributed by atoms with Crippen molar-refractivity contribution in [1.29, 1.82) is 0 Å². The number of hydrogen-bond acceptors (Lipinski definition) is 5. The average molecular weight is 454 g/mol. The highest BCUT2D eigenvalue weighted by atomic mass is 16.7. The fourth-order valence-electron chi connectivity index (χ4n) is 4.53. The maximum Gasteiger partial charge on any atom is 0.157 e. The van der Waals surface area contributed by atoms with E-state index in [1.807, 2.05) is 29.3 Å². The second-order valence-corrected chi connectivity index (χ2v) is 8.77. The minimum absolute atomic E-state index is 0.0645. The molecule has 5 aromatic rings. The first-order valence-electron chi connectivity index (χ1n) is 11.9. The summed E-state index contributed by atoms with van der Waals surface area (Å²) in [6.07, 6.45) is 11.0. The smallest absolute Gasteiger partial charge is 0.157 e. The van der Waals surface area contributed by atoms with Gasteiger partial charge in [-0.05, 0) is 54.7 Å². The first-order valence-corrected chi connectivity index (χ1v) is 11.9. The lowest BCUT2D eigenvalue weighted by molar-refractivity contribution is -0.163. The van der Waals surface area contributed by atoms with Gasteiger partial charge in [-0.3, -0.25) is 14.3 Å². The molecule has 1 saturated heterocycles. The van der Waals surface area contributed by atoms with E-state index in [1.54, 1.807) is 0 Å². The molecule has 1 atom stereocenters. The topological polar surface area (TPSA) is 67.0 Å². The first-order chi connectivity index (χ1) is 16.8. The molecule has 1 aliphatic rings. The van der Waals surface area contributed by atoms with Crippen LogP contribution < -0.4 is 0 Å². The fourth-order valence-corrected chi connectivity index (χ4v) is 4.53. The zero-order valence-corrected chi connectivity index (χ0v) is 19.0. The highest BCUT2D eigenvalue weighted by molar-refractivity contribution is 5.84. The van der Waals surface area contributed by atoms with Crippen molar-refractivity contribution in [3.8, 4) is 11.1 Å². The summed E-state index contributed by atoms with van der Waals surface area (Å²) < 4.78 is 15.5. The monoisotopic (exact) mass is 453 g/mol. The quantitative estimate of drug-likeness (QED) is 0.345. The van der Waals surface area contributed by atoms with Crippen LogP contribution in [0.1, 0.15) is 24.8 Å². The van der Waals surface area contributed by atoms with Crippen LogP contribution in [0.25, 0.3) is 32.9 Å². The highest BCUT2D eigenvalue weighted by Gasteiger charge is 2.14. The largest absolute Gasteiger partial charge is 0.353 e. The van der Waals surface area contributed by atoms with Crippen molar-refractivity contribution in [3.05, 3.63) is 78.9 Å². The second-order valence-electron chi connectivity index (χ2n) is 8.77. The van der Waals surface area contributed by atoms with Crippen molar-refractivity contribution in [2.75, 3.05) is 13.2 Å². The normalized spacial score (nSPS) is 16.4. The lowest BCUT2D eigenvalue weighted by atomic mass is 10.1. The van der Waals surface area contributed by atoms with Crippen molar-refractivity contribution in [3.63, 3.8) is 0 Å². The number of pyridine rings is 1. The number of aromatic nitrogens is 5. The second kappa shape index (κ2) is 9.37. The zero-order chi connectivity index (χ0) is 22.7. The first kappa shape index (κ1) is 21.0. The fraction of sp³-hybridized carbons (Fsp3) is 0.296. The molecule has 3 aromatic heterocycles. The lowest BCUT2D eigenvalue weighted by Gasteiger charge is -2.22. The van der Waals surface area contributed by atoms with Crippen LogP contribution in [0.3, 0.4) is 0 Å². The minimum Gasteiger partial charge on any atom is -0.353 e. The van der Waals surface area contributed by atoms with E-state index in [-0.39, 0.29) is 6.29 Å². The van der Waals surface area contributed by atoms with E-state index < -0.39 is 0 Å². The van der Waals surface area contributed by atoms with Gasteiger partial charge in [-0.1, -0.05) is 24.3 Å². The summed E-state index contributed by atoms with van der Waals surface area (Å²) in [5.74, 6) is 0. The third-order valence-electron chi connectivity index (χ3n) is 6.37. The van der Waals surface area contributed by atoms with Gasteiger partial charge in [0.1, 0.15) is 0 Å². The number of benzene rings is 2. The molecular formula is C27H27N5O2. The van der Waals surface area contributed by atoms with Crippen LogP contribution in [-0.2, 0) is 22.6 Å². The Balaban J connectivity index is 1.18. The number of rotatable bonds is 7. The van der Waals surface area contributed by atoms with E-state index in [0.717, 1.165) is 52.4 Å². The van der Waals surface area contributed by atoms with Crippen LogP contribution in [0.4, 0.5) is 0 Å². The van der Waals surface area contributed by atoms with Gasteiger partial charge < -0.3 is 9.47 Å². The Morgan fingerprint density at radius 3 is 2.91 bits per heavy atom. The van der Waals surface area contributed by atoms with Crippen LogP contribution in [-0.4, -0.2) is 44.0 Å². The van der Waals surface area contributed by atoms with Gasteiger partial charge in [0.15, 0.2) is 6.29 Å². The molecule has 0 bridgehead atoms. The van der Waals surface area contributed by atoms with Crippen LogP contribution in [0.2, 0.25) is 0 Å². The Labute approximate surface area is 197 Å². The maximum absolute atomic E-state index is 5.85. The van der Waals surface area contributed by atoms with Gasteiger partial charge >= 0.3 is 0 Å². The van der Waals surface area contributed by atoms with Crippen molar-refractivity contribution in [2.24, 2.45) is 0 Å². The molecule has 6 rings (SSSR count). The molecule has 1 unspecified atom stereocenters. The van der Waals surface area contributed by atoms with E-state index in [9.17, 15) is 0 Å². The predicted octanol–water partition coefficient (Wildman–Crippen LogP) is 5.04. The van der Waals surface area contributed by atoms with E-state index in [1.165, 1.54) is 12.0 Å². The van der Waals surface area contributed by atoms with E-state index in [0.29, 0.717) is 19.7 Å². The molecule has 7 nitrogen and oxygen atoms in total. The molecule has 172 valence electrons. The zero-order valence-electron chi connectivity index (χ0n) is 19.0. The van der Waals surface area contributed by atoms with Gasteiger partial charge in [-0.25, -0.2) is 0 Å². The molecule has 1 fully saturated rings. The molecule has 0 radical (unpaired) electrons. The highest BCUT2D eigenvalue weighted by Crippen LogP contribution is 2.25. The summed E-state index contributed by atoms with van der Waals surface area (Å²) in [6, 6.07) is 16.9.